The van der Waals surface area contributed by atoms with Crippen molar-refractivity contribution < 1.29 is 14.6 Å². The zero-order valence-electron chi connectivity index (χ0n) is 9.78. The maximum Gasteiger partial charge on any atom is 0.320 e. The van der Waals surface area contributed by atoms with Gasteiger partial charge in [0.2, 0.25) is 0 Å². The van der Waals surface area contributed by atoms with Crippen molar-refractivity contribution in [2.24, 2.45) is 5.73 Å². The van der Waals surface area contributed by atoms with E-state index in [4.69, 9.17) is 15.6 Å². The standard InChI is InChI=1S/C12H17NO3/c1-7-8(2)11(16-3)5-4-9(7)6-10(13)12(14)15/h4-5,10H,6,13H2,1-3H3,(H,14,15)/t10-/m1/s1. The topological polar surface area (TPSA) is 72.5 Å². The Hall–Kier alpha value is -1.55. The van der Waals surface area contributed by atoms with Crippen LogP contribution in [0.4, 0.5) is 0 Å². The summed E-state index contributed by atoms with van der Waals surface area (Å²) >= 11 is 0. The van der Waals surface area contributed by atoms with E-state index < -0.39 is 12.0 Å². The summed E-state index contributed by atoms with van der Waals surface area (Å²) in [7, 11) is 1.62. The molecule has 0 saturated heterocycles. The molecule has 0 aromatic heterocycles. The zero-order valence-corrected chi connectivity index (χ0v) is 9.78. The summed E-state index contributed by atoms with van der Waals surface area (Å²) in [4.78, 5) is 10.7. The highest BCUT2D eigenvalue weighted by atomic mass is 16.5. The SMILES string of the molecule is COc1ccc(C[C@@H](N)C(=O)O)c(C)c1C. The highest BCUT2D eigenvalue weighted by Gasteiger charge is 2.15. The molecule has 0 radical (unpaired) electrons. The van der Waals surface area contributed by atoms with E-state index in [2.05, 4.69) is 0 Å². The van der Waals surface area contributed by atoms with E-state index in [-0.39, 0.29) is 0 Å². The van der Waals surface area contributed by atoms with Crippen LogP contribution in [-0.4, -0.2) is 24.2 Å². The molecule has 0 bridgehead atoms. The predicted molar refractivity (Wildman–Crippen MR) is 61.8 cm³/mol. The van der Waals surface area contributed by atoms with Crippen molar-refractivity contribution in [3.05, 3.63) is 28.8 Å². The predicted octanol–water partition coefficient (Wildman–Crippen LogP) is 1.27. The Kier molecular flexibility index (Phi) is 3.90. The number of rotatable bonds is 4. The monoisotopic (exact) mass is 223 g/mol. The van der Waals surface area contributed by atoms with E-state index in [9.17, 15) is 4.79 Å². The summed E-state index contributed by atoms with van der Waals surface area (Å²) in [6.45, 7) is 3.89. The molecule has 0 aliphatic heterocycles. The van der Waals surface area contributed by atoms with Gasteiger partial charge in [-0.25, -0.2) is 0 Å². The van der Waals surface area contributed by atoms with Crippen molar-refractivity contribution in [3.8, 4) is 5.75 Å². The van der Waals surface area contributed by atoms with Gasteiger partial charge >= 0.3 is 5.97 Å². The van der Waals surface area contributed by atoms with Crippen LogP contribution in [0.3, 0.4) is 0 Å². The van der Waals surface area contributed by atoms with Crippen LogP contribution in [0.5, 0.6) is 5.75 Å². The highest BCUT2D eigenvalue weighted by Crippen LogP contribution is 2.24. The quantitative estimate of drug-likeness (QED) is 0.806. The van der Waals surface area contributed by atoms with Gasteiger partial charge in [-0.15, -0.1) is 0 Å². The molecule has 4 heteroatoms. The molecule has 0 aliphatic rings. The van der Waals surface area contributed by atoms with Crippen molar-refractivity contribution in [2.75, 3.05) is 7.11 Å². The van der Waals surface area contributed by atoms with Crippen LogP contribution in [0, 0.1) is 13.8 Å². The van der Waals surface area contributed by atoms with E-state index in [0.29, 0.717) is 6.42 Å². The normalized spacial score (nSPS) is 12.2. The van der Waals surface area contributed by atoms with E-state index in [1.54, 1.807) is 7.11 Å². The molecule has 16 heavy (non-hydrogen) atoms. The second kappa shape index (κ2) is 4.99. The lowest BCUT2D eigenvalue weighted by atomic mass is 9.97. The zero-order chi connectivity index (χ0) is 12.3. The molecule has 88 valence electrons. The Bertz CT molecular complexity index is 401. The van der Waals surface area contributed by atoms with Crippen LogP contribution in [0.2, 0.25) is 0 Å². The van der Waals surface area contributed by atoms with E-state index in [1.165, 1.54) is 0 Å². The molecule has 1 aromatic carbocycles. The summed E-state index contributed by atoms with van der Waals surface area (Å²) in [5, 5.41) is 8.75. The van der Waals surface area contributed by atoms with Gasteiger partial charge in [-0.05, 0) is 43.0 Å². The van der Waals surface area contributed by atoms with Crippen molar-refractivity contribution in [1.29, 1.82) is 0 Å². The second-order valence-electron chi connectivity index (χ2n) is 3.83. The first kappa shape index (κ1) is 12.5. The maximum absolute atomic E-state index is 10.7. The van der Waals surface area contributed by atoms with Crippen molar-refractivity contribution >= 4 is 5.97 Å². The molecule has 1 atom stereocenters. The number of benzene rings is 1. The van der Waals surface area contributed by atoms with E-state index in [1.807, 2.05) is 26.0 Å². The minimum absolute atomic E-state index is 0.339. The number of carboxylic acids is 1. The number of methoxy groups -OCH3 is 1. The summed E-state index contributed by atoms with van der Waals surface area (Å²) in [6, 6.07) is 2.85. The lowest BCUT2D eigenvalue weighted by molar-refractivity contribution is -0.138. The molecular formula is C12H17NO3. The Morgan fingerprint density at radius 1 is 1.44 bits per heavy atom. The molecule has 1 aromatic rings. The first-order valence-corrected chi connectivity index (χ1v) is 5.08. The third-order valence-electron chi connectivity index (χ3n) is 2.83. The molecule has 0 fully saturated rings. The molecule has 0 saturated carbocycles. The van der Waals surface area contributed by atoms with Gasteiger partial charge in [-0.3, -0.25) is 4.79 Å². The molecule has 0 aliphatic carbocycles. The van der Waals surface area contributed by atoms with Gasteiger partial charge < -0.3 is 15.6 Å². The molecule has 3 N–H and O–H groups in total. The summed E-state index contributed by atoms with van der Waals surface area (Å²) < 4.78 is 5.19. The second-order valence-corrected chi connectivity index (χ2v) is 3.83. The van der Waals surface area contributed by atoms with Gasteiger partial charge in [0.05, 0.1) is 7.11 Å². The van der Waals surface area contributed by atoms with Crippen molar-refractivity contribution in [1.82, 2.24) is 0 Å². The van der Waals surface area contributed by atoms with Crippen LogP contribution in [0.1, 0.15) is 16.7 Å². The number of ether oxygens (including phenoxy) is 1. The van der Waals surface area contributed by atoms with Crippen LogP contribution in [0.15, 0.2) is 12.1 Å². The maximum atomic E-state index is 10.7. The summed E-state index contributed by atoms with van der Waals surface area (Å²) in [5.41, 5.74) is 8.52. The Morgan fingerprint density at radius 2 is 2.06 bits per heavy atom. The van der Waals surface area contributed by atoms with Crippen molar-refractivity contribution in [2.45, 2.75) is 26.3 Å². The van der Waals surface area contributed by atoms with Crippen molar-refractivity contribution in [3.63, 3.8) is 0 Å². The molecule has 4 nitrogen and oxygen atoms in total. The van der Waals surface area contributed by atoms with Crippen LogP contribution < -0.4 is 10.5 Å². The summed E-state index contributed by atoms with van der Waals surface area (Å²) in [6.07, 6.45) is 0.339. The smallest absolute Gasteiger partial charge is 0.320 e. The average molecular weight is 223 g/mol. The van der Waals surface area contributed by atoms with Gasteiger partial charge in [-0.1, -0.05) is 6.07 Å². The molecule has 0 spiro atoms. The summed E-state index contributed by atoms with van der Waals surface area (Å²) in [5.74, 6) is -0.169. The van der Waals surface area contributed by atoms with Gasteiger partial charge in [0, 0.05) is 0 Å². The molecular weight excluding hydrogens is 206 g/mol. The molecule has 0 amide bonds. The first-order valence-electron chi connectivity index (χ1n) is 5.08. The minimum Gasteiger partial charge on any atom is -0.496 e. The number of carboxylic acid groups (broad SMARTS) is 1. The largest absolute Gasteiger partial charge is 0.496 e. The number of nitrogens with two attached hydrogens (primary N) is 1. The molecule has 1 rings (SSSR count). The lowest BCUT2D eigenvalue weighted by Crippen LogP contribution is -2.32. The third kappa shape index (κ3) is 2.52. The fourth-order valence-electron chi connectivity index (χ4n) is 1.62. The van der Waals surface area contributed by atoms with Crippen LogP contribution >= 0.6 is 0 Å². The Balaban J connectivity index is 2.99. The van der Waals surface area contributed by atoms with Crippen LogP contribution in [0.25, 0.3) is 0 Å². The number of hydrogen-bond acceptors (Lipinski definition) is 3. The minimum atomic E-state index is -0.979. The highest BCUT2D eigenvalue weighted by molar-refractivity contribution is 5.73. The fourth-order valence-corrected chi connectivity index (χ4v) is 1.62. The lowest BCUT2D eigenvalue weighted by Gasteiger charge is -2.14. The van der Waals surface area contributed by atoms with E-state index in [0.717, 1.165) is 22.4 Å². The number of carbonyl (C=O) groups is 1. The van der Waals surface area contributed by atoms with Crippen LogP contribution in [-0.2, 0) is 11.2 Å². The number of hydrogen-bond donors (Lipinski definition) is 2. The van der Waals surface area contributed by atoms with Gasteiger partial charge in [0.15, 0.2) is 0 Å². The molecule has 0 unspecified atom stereocenters. The Labute approximate surface area is 95.0 Å². The first-order chi connectivity index (χ1) is 7.47. The van der Waals surface area contributed by atoms with Gasteiger partial charge in [-0.2, -0.15) is 0 Å². The fraction of sp³-hybridized carbons (Fsp3) is 0.417. The van der Waals surface area contributed by atoms with Gasteiger partial charge in [0.25, 0.3) is 0 Å². The number of aliphatic carboxylic acids is 1. The third-order valence-corrected chi connectivity index (χ3v) is 2.83. The Morgan fingerprint density at radius 3 is 2.56 bits per heavy atom. The van der Waals surface area contributed by atoms with E-state index >= 15 is 0 Å². The van der Waals surface area contributed by atoms with Gasteiger partial charge in [0.1, 0.15) is 11.8 Å². The average Bonchev–Trinajstić information content (AvgIpc) is 2.25. The molecule has 0 heterocycles.